The number of ether oxygens (including phenoxy) is 1. The maximum absolute atomic E-state index is 13.4. The van der Waals surface area contributed by atoms with Crippen LogP contribution < -0.4 is 5.56 Å². The lowest BCUT2D eigenvalue weighted by Gasteiger charge is -2.15. The SMILES string of the molecule is CCOC(=O)c1c(S(=O)(=O)c2ccc(C)cc2)c2ccccc2n(C)c1=O. The predicted octanol–water partition coefficient (Wildman–Crippen LogP) is 2.86. The molecule has 2 aromatic carbocycles. The van der Waals surface area contributed by atoms with Crippen LogP contribution in [0.25, 0.3) is 10.9 Å². The Morgan fingerprint density at radius 2 is 1.70 bits per heavy atom. The fourth-order valence-corrected chi connectivity index (χ4v) is 4.60. The smallest absolute Gasteiger partial charge is 0.345 e. The zero-order valence-corrected chi connectivity index (χ0v) is 16.0. The maximum Gasteiger partial charge on any atom is 0.345 e. The second-order valence-corrected chi connectivity index (χ2v) is 8.01. The molecule has 0 N–H and O–H groups in total. The Bertz CT molecular complexity index is 1190. The first-order valence-electron chi connectivity index (χ1n) is 8.39. The summed E-state index contributed by atoms with van der Waals surface area (Å²) in [5.74, 6) is -0.950. The van der Waals surface area contributed by atoms with Gasteiger partial charge in [-0.2, -0.15) is 0 Å². The molecule has 0 fully saturated rings. The molecular formula is C20H19NO5S. The minimum Gasteiger partial charge on any atom is -0.462 e. The highest BCUT2D eigenvalue weighted by atomic mass is 32.2. The number of carbonyl (C=O) groups excluding carboxylic acids is 1. The van der Waals surface area contributed by atoms with Crippen molar-refractivity contribution in [2.24, 2.45) is 7.05 Å². The summed E-state index contributed by atoms with van der Waals surface area (Å²) in [6.45, 7) is 3.46. The molecule has 140 valence electrons. The second kappa shape index (κ2) is 7.00. The van der Waals surface area contributed by atoms with Gasteiger partial charge in [0.1, 0.15) is 10.5 Å². The largest absolute Gasteiger partial charge is 0.462 e. The first-order valence-corrected chi connectivity index (χ1v) is 9.88. The topological polar surface area (TPSA) is 82.4 Å². The van der Waals surface area contributed by atoms with E-state index < -0.39 is 26.9 Å². The number of esters is 1. The summed E-state index contributed by atoms with van der Waals surface area (Å²) in [4.78, 5) is 25.1. The lowest BCUT2D eigenvalue weighted by molar-refractivity contribution is 0.0519. The van der Waals surface area contributed by atoms with E-state index in [9.17, 15) is 18.0 Å². The lowest BCUT2D eigenvalue weighted by atomic mass is 10.1. The third kappa shape index (κ3) is 3.14. The number of carbonyl (C=O) groups is 1. The Balaban J connectivity index is 2.48. The molecule has 0 radical (unpaired) electrons. The first kappa shape index (κ1) is 18.8. The average molecular weight is 385 g/mol. The molecule has 0 atom stereocenters. The third-order valence-corrected chi connectivity index (χ3v) is 6.19. The van der Waals surface area contributed by atoms with Crippen LogP contribution in [-0.2, 0) is 21.6 Å². The van der Waals surface area contributed by atoms with Gasteiger partial charge in [0.25, 0.3) is 5.56 Å². The second-order valence-electron chi connectivity index (χ2n) is 6.12. The van der Waals surface area contributed by atoms with Crippen LogP contribution in [0.15, 0.2) is 63.1 Å². The Labute approximate surface area is 156 Å². The van der Waals surface area contributed by atoms with Crippen molar-refractivity contribution in [2.45, 2.75) is 23.6 Å². The Hall–Kier alpha value is -2.93. The van der Waals surface area contributed by atoms with Gasteiger partial charge in [0.05, 0.1) is 17.0 Å². The number of fused-ring (bicyclic) bond motifs is 1. The number of sulfone groups is 1. The van der Waals surface area contributed by atoms with Crippen LogP contribution in [0.4, 0.5) is 0 Å². The van der Waals surface area contributed by atoms with Crippen molar-refractivity contribution >= 4 is 26.7 Å². The molecule has 0 aliphatic heterocycles. The fraction of sp³-hybridized carbons (Fsp3) is 0.200. The summed E-state index contributed by atoms with van der Waals surface area (Å²) in [6, 6.07) is 12.8. The predicted molar refractivity (Wildman–Crippen MR) is 102 cm³/mol. The van der Waals surface area contributed by atoms with E-state index in [1.165, 1.54) is 23.7 Å². The maximum atomic E-state index is 13.4. The van der Waals surface area contributed by atoms with Crippen molar-refractivity contribution in [3.63, 3.8) is 0 Å². The van der Waals surface area contributed by atoms with Crippen LogP contribution >= 0.6 is 0 Å². The van der Waals surface area contributed by atoms with E-state index in [0.29, 0.717) is 10.9 Å². The van der Waals surface area contributed by atoms with E-state index in [-0.39, 0.29) is 16.4 Å². The van der Waals surface area contributed by atoms with Gasteiger partial charge in [0.2, 0.25) is 9.84 Å². The number of hydrogen-bond donors (Lipinski definition) is 0. The molecule has 0 saturated carbocycles. The van der Waals surface area contributed by atoms with Gasteiger partial charge in [-0.25, -0.2) is 13.2 Å². The molecule has 0 bridgehead atoms. The van der Waals surface area contributed by atoms with Gasteiger partial charge in [-0.05, 0) is 32.0 Å². The van der Waals surface area contributed by atoms with Crippen LogP contribution in [0.2, 0.25) is 0 Å². The Kier molecular flexibility index (Phi) is 4.89. The summed E-state index contributed by atoms with van der Waals surface area (Å²) < 4.78 is 33.0. The Morgan fingerprint density at radius 1 is 1.07 bits per heavy atom. The summed E-state index contributed by atoms with van der Waals surface area (Å²) >= 11 is 0. The molecule has 6 nitrogen and oxygen atoms in total. The van der Waals surface area contributed by atoms with Crippen molar-refractivity contribution in [1.82, 2.24) is 4.57 Å². The Morgan fingerprint density at radius 3 is 2.33 bits per heavy atom. The normalized spacial score (nSPS) is 11.5. The number of aromatic nitrogens is 1. The molecule has 0 saturated heterocycles. The summed E-state index contributed by atoms with van der Waals surface area (Å²) in [7, 11) is -2.63. The van der Waals surface area contributed by atoms with Crippen molar-refractivity contribution in [2.75, 3.05) is 6.61 Å². The molecule has 0 aliphatic carbocycles. The molecule has 1 aromatic heterocycles. The van der Waals surface area contributed by atoms with E-state index in [4.69, 9.17) is 4.74 Å². The van der Waals surface area contributed by atoms with Crippen molar-refractivity contribution in [3.8, 4) is 0 Å². The van der Waals surface area contributed by atoms with Crippen molar-refractivity contribution in [1.29, 1.82) is 0 Å². The zero-order chi connectivity index (χ0) is 19.8. The number of rotatable bonds is 4. The molecule has 3 rings (SSSR count). The number of aryl methyl sites for hydroxylation is 2. The van der Waals surface area contributed by atoms with E-state index in [0.717, 1.165) is 5.56 Å². The molecule has 3 aromatic rings. The van der Waals surface area contributed by atoms with Crippen LogP contribution in [0.5, 0.6) is 0 Å². The van der Waals surface area contributed by atoms with Gasteiger partial charge in [-0.15, -0.1) is 0 Å². The minimum absolute atomic E-state index is 0.0112. The molecule has 27 heavy (non-hydrogen) atoms. The molecule has 1 heterocycles. The molecular weight excluding hydrogens is 366 g/mol. The standard InChI is InChI=1S/C20H19NO5S/c1-4-26-20(23)17-18(27(24,25)14-11-9-13(2)10-12-14)15-7-5-6-8-16(15)21(3)19(17)22/h5-12H,4H2,1-3H3. The van der Waals surface area contributed by atoms with Gasteiger partial charge in [-0.1, -0.05) is 35.9 Å². The minimum atomic E-state index is -4.13. The van der Waals surface area contributed by atoms with Gasteiger partial charge in [0, 0.05) is 12.4 Å². The first-order chi connectivity index (χ1) is 12.8. The van der Waals surface area contributed by atoms with Crippen LogP contribution in [0, 0.1) is 6.92 Å². The van der Waals surface area contributed by atoms with Crippen LogP contribution in [-0.4, -0.2) is 25.6 Å². The van der Waals surface area contributed by atoms with Gasteiger partial charge < -0.3 is 9.30 Å². The van der Waals surface area contributed by atoms with Crippen molar-refractivity contribution < 1.29 is 17.9 Å². The molecule has 0 spiro atoms. The van der Waals surface area contributed by atoms with E-state index in [1.807, 2.05) is 6.92 Å². The van der Waals surface area contributed by atoms with E-state index >= 15 is 0 Å². The average Bonchev–Trinajstić information content (AvgIpc) is 2.64. The highest BCUT2D eigenvalue weighted by Crippen LogP contribution is 2.30. The van der Waals surface area contributed by atoms with Crippen LogP contribution in [0.1, 0.15) is 22.8 Å². The van der Waals surface area contributed by atoms with Gasteiger partial charge in [0.15, 0.2) is 0 Å². The quantitative estimate of drug-likeness (QED) is 0.645. The number of para-hydroxylation sites is 1. The summed E-state index contributed by atoms with van der Waals surface area (Å²) in [6.07, 6.45) is 0. The van der Waals surface area contributed by atoms with E-state index in [2.05, 4.69) is 0 Å². The van der Waals surface area contributed by atoms with E-state index in [1.54, 1.807) is 43.3 Å². The summed E-state index contributed by atoms with van der Waals surface area (Å²) in [5, 5.41) is 0.295. The monoisotopic (exact) mass is 385 g/mol. The highest BCUT2D eigenvalue weighted by molar-refractivity contribution is 7.91. The number of benzene rings is 2. The number of pyridine rings is 1. The van der Waals surface area contributed by atoms with Crippen LogP contribution in [0.3, 0.4) is 0 Å². The van der Waals surface area contributed by atoms with Crippen molar-refractivity contribution in [3.05, 3.63) is 70.0 Å². The fourth-order valence-electron chi connectivity index (χ4n) is 2.96. The lowest BCUT2D eigenvalue weighted by Crippen LogP contribution is -2.29. The number of hydrogen-bond acceptors (Lipinski definition) is 5. The molecule has 0 unspecified atom stereocenters. The molecule has 7 heteroatoms. The third-order valence-electron chi connectivity index (χ3n) is 4.34. The zero-order valence-electron chi connectivity index (χ0n) is 15.2. The van der Waals surface area contributed by atoms with Gasteiger partial charge >= 0.3 is 5.97 Å². The highest BCUT2D eigenvalue weighted by Gasteiger charge is 2.31. The molecule has 0 aliphatic rings. The molecule has 0 amide bonds. The summed E-state index contributed by atoms with van der Waals surface area (Å²) in [5.41, 5.74) is 0.131. The van der Waals surface area contributed by atoms with Gasteiger partial charge in [-0.3, -0.25) is 4.79 Å². The number of nitrogens with zero attached hydrogens (tertiary/aromatic N) is 1.